The molecule has 0 fully saturated rings. The first-order chi connectivity index (χ1) is 6.11. The van der Waals surface area contributed by atoms with E-state index in [4.69, 9.17) is 0 Å². The van der Waals surface area contributed by atoms with Crippen molar-refractivity contribution in [2.75, 3.05) is 14.1 Å². The minimum absolute atomic E-state index is 0.386. The molecule has 1 aromatic rings. The molecule has 0 aliphatic heterocycles. The van der Waals surface area contributed by atoms with Crippen molar-refractivity contribution in [3.63, 3.8) is 0 Å². The van der Waals surface area contributed by atoms with Crippen LogP contribution in [0.5, 0.6) is 5.75 Å². The number of para-hydroxylation sites is 1. The Balaban J connectivity index is 2.71. The molecule has 0 spiro atoms. The van der Waals surface area contributed by atoms with Crippen molar-refractivity contribution in [2.24, 2.45) is 0 Å². The molecule has 0 aromatic heterocycles. The summed E-state index contributed by atoms with van der Waals surface area (Å²) in [5.41, 5.74) is 4.94. The third kappa shape index (κ3) is 2.72. The van der Waals surface area contributed by atoms with E-state index in [1.165, 1.54) is 0 Å². The Morgan fingerprint density at radius 1 is 1.38 bits per heavy atom. The molecule has 0 saturated carbocycles. The number of rotatable bonds is 3. The number of hydrogen-bond donors (Lipinski definition) is 2. The highest BCUT2D eigenvalue weighted by molar-refractivity contribution is 5.39. The summed E-state index contributed by atoms with van der Waals surface area (Å²) in [4.78, 5) is 0. The normalized spacial score (nSPS) is 10.8. The standard InChI is InChI=1S/C10H16N2O/c1-8-5-4-6-9(10(8)13)7-11-12(2)3/h4-6,11,13H,7H2,1-3H3. The number of nitrogens with one attached hydrogen (secondary N) is 1. The van der Waals surface area contributed by atoms with E-state index in [0.717, 1.165) is 11.1 Å². The lowest BCUT2D eigenvalue weighted by Crippen LogP contribution is -2.29. The second-order valence-electron chi connectivity index (χ2n) is 3.31. The quantitative estimate of drug-likeness (QED) is 0.687. The van der Waals surface area contributed by atoms with E-state index < -0.39 is 0 Å². The fourth-order valence-electron chi connectivity index (χ4n) is 1.11. The molecule has 0 bridgehead atoms. The Hall–Kier alpha value is -1.06. The number of aryl methyl sites for hydroxylation is 1. The number of nitrogens with zero attached hydrogens (tertiary/aromatic N) is 1. The zero-order valence-electron chi connectivity index (χ0n) is 8.33. The van der Waals surface area contributed by atoms with Crippen LogP contribution in [0.2, 0.25) is 0 Å². The van der Waals surface area contributed by atoms with Crippen LogP contribution in [-0.2, 0) is 6.54 Å². The van der Waals surface area contributed by atoms with Gasteiger partial charge in [-0.2, -0.15) is 0 Å². The topological polar surface area (TPSA) is 35.5 Å². The largest absolute Gasteiger partial charge is 0.507 e. The molecule has 0 heterocycles. The van der Waals surface area contributed by atoms with Crippen LogP contribution < -0.4 is 5.43 Å². The minimum atomic E-state index is 0.386. The Kier molecular flexibility index (Phi) is 3.28. The van der Waals surface area contributed by atoms with Crippen LogP contribution in [0.4, 0.5) is 0 Å². The number of phenols is 1. The fourth-order valence-corrected chi connectivity index (χ4v) is 1.11. The summed E-state index contributed by atoms with van der Waals surface area (Å²) < 4.78 is 0. The lowest BCUT2D eigenvalue weighted by atomic mass is 10.1. The van der Waals surface area contributed by atoms with Crippen LogP contribution in [-0.4, -0.2) is 24.2 Å². The highest BCUT2D eigenvalue weighted by Gasteiger charge is 2.02. The van der Waals surface area contributed by atoms with E-state index in [1.807, 2.05) is 44.2 Å². The molecule has 0 aliphatic carbocycles. The van der Waals surface area contributed by atoms with Gasteiger partial charge in [-0.15, -0.1) is 0 Å². The molecule has 0 atom stereocenters. The molecule has 2 N–H and O–H groups in total. The monoisotopic (exact) mass is 180 g/mol. The highest BCUT2D eigenvalue weighted by Crippen LogP contribution is 2.20. The molecule has 1 aromatic carbocycles. The first kappa shape index (κ1) is 10.0. The lowest BCUT2D eigenvalue weighted by Gasteiger charge is -2.13. The van der Waals surface area contributed by atoms with Gasteiger partial charge in [-0.25, -0.2) is 0 Å². The summed E-state index contributed by atoms with van der Waals surface area (Å²) in [5.74, 6) is 0.386. The summed E-state index contributed by atoms with van der Waals surface area (Å²) in [6.07, 6.45) is 0. The van der Waals surface area contributed by atoms with Gasteiger partial charge in [0, 0.05) is 26.2 Å². The first-order valence-electron chi connectivity index (χ1n) is 4.29. The van der Waals surface area contributed by atoms with Crippen molar-refractivity contribution in [2.45, 2.75) is 13.5 Å². The summed E-state index contributed by atoms with van der Waals surface area (Å²) in [5, 5.41) is 11.5. The van der Waals surface area contributed by atoms with Crippen LogP contribution in [0, 0.1) is 6.92 Å². The average molecular weight is 180 g/mol. The van der Waals surface area contributed by atoms with Crippen molar-refractivity contribution in [1.82, 2.24) is 10.4 Å². The van der Waals surface area contributed by atoms with Gasteiger partial charge in [0.1, 0.15) is 5.75 Å². The second-order valence-corrected chi connectivity index (χ2v) is 3.31. The van der Waals surface area contributed by atoms with E-state index in [2.05, 4.69) is 5.43 Å². The molecule has 0 saturated heterocycles. The van der Waals surface area contributed by atoms with E-state index >= 15 is 0 Å². The molecule has 0 aliphatic rings. The third-order valence-electron chi connectivity index (χ3n) is 1.91. The zero-order chi connectivity index (χ0) is 9.84. The van der Waals surface area contributed by atoms with Crippen LogP contribution in [0.1, 0.15) is 11.1 Å². The van der Waals surface area contributed by atoms with E-state index in [1.54, 1.807) is 0 Å². The second kappa shape index (κ2) is 4.25. The third-order valence-corrected chi connectivity index (χ3v) is 1.91. The van der Waals surface area contributed by atoms with Crippen LogP contribution in [0.3, 0.4) is 0 Å². The molecule has 3 nitrogen and oxygen atoms in total. The summed E-state index contributed by atoms with van der Waals surface area (Å²) in [7, 11) is 3.85. The van der Waals surface area contributed by atoms with Crippen molar-refractivity contribution in [1.29, 1.82) is 0 Å². The van der Waals surface area contributed by atoms with Gasteiger partial charge in [-0.1, -0.05) is 18.2 Å². The predicted molar refractivity (Wildman–Crippen MR) is 53.4 cm³/mol. The Bertz CT molecular complexity index is 284. The van der Waals surface area contributed by atoms with Gasteiger partial charge in [-0.3, -0.25) is 10.4 Å². The van der Waals surface area contributed by atoms with Gasteiger partial charge in [-0.05, 0) is 12.5 Å². The highest BCUT2D eigenvalue weighted by atomic mass is 16.3. The number of phenolic OH excluding ortho intramolecular Hbond substituents is 1. The predicted octanol–water partition coefficient (Wildman–Crippen LogP) is 1.27. The molecular weight excluding hydrogens is 164 g/mol. The molecule has 13 heavy (non-hydrogen) atoms. The van der Waals surface area contributed by atoms with Crippen LogP contribution >= 0.6 is 0 Å². The van der Waals surface area contributed by atoms with Gasteiger partial charge in [0.05, 0.1) is 0 Å². The maximum absolute atomic E-state index is 9.65. The summed E-state index contributed by atoms with van der Waals surface area (Å²) >= 11 is 0. The Morgan fingerprint density at radius 3 is 2.69 bits per heavy atom. The smallest absolute Gasteiger partial charge is 0.123 e. The number of aromatic hydroxyl groups is 1. The van der Waals surface area contributed by atoms with Gasteiger partial charge < -0.3 is 5.11 Å². The Morgan fingerprint density at radius 2 is 2.08 bits per heavy atom. The molecule has 0 unspecified atom stereocenters. The van der Waals surface area contributed by atoms with Gasteiger partial charge in [0.15, 0.2) is 0 Å². The van der Waals surface area contributed by atoms with E-state index in [-0.39, 0.29) is 0 Å². The van der Waals surface area contributed by atoms with E-state index in [9.17, 15) is 5.11 Å². The average Bonchev–Trinajstić information content (AvgIpc) is 2.07. The minimum Gasteiger partial charge on any atom is -0.507 e. The summed E-state index contributed by atoms with van der Waals surface area (Å²) in [6.45, 7) is 2.55. The Labute approximate surface area is 79.0 Å². The van der Waals surface area contributed by atoms with Crippen LogP contribution in [0.25, 0.3) is 0 Å². The summed E-state index contributed by atoms with van der Waals surface area (Å²) in [6, 6.07) is 5.76. The van der Waals surface area contributed by atoms with Crippen molar-refractivity contribution in [3.8, 4) is 5.75 Å². The SMILES string of the molecule is Cc1cccc(CNN(C)C)c1O. The number of hydrogen-bond acceptors (Lipinski definition) is 3. The fraction of sp³-hybridized carbons (Fsp3) is 0.400. The molecule has 72 valence electrons. The van der Waals surface area contributed by atoms with Crippen LogP contribution in [0.15, 0.2) is 18.2 Å². The first-order valence-corrected chi connectivity index (χ1v) is 4.29. The van der Waals surface area contributed by atoms with Gasteiger partial charge in [0.25, 0.3) is 0 Å². The molecule has 0 amide bonds. The maximum Gasteiger partial charge on any atom is 0.123 e. The lowest BCUT2D eigenvalue weighted by molar-refractivity contribution is 0.283. The molecule has 1 rings (SSSR count). The van der Waals surface area contributed by atoms with Crippen molar-refractivity contribution < 1.29 is 5.11 Å². The molecular formula is C10H16N2O. The van der Waals surface area contributed by atoms with Gasteiger partial charge in [0.2, 0.25) is 0 Å². The zero-order valence-corrected chi connectivity index (χ0v) is 8.33. The number of benzene rings is 1. The van der Waals surface area contributed by atoms with E-state index in [0.29, 0.717) is 12.3 Å². The van der Waals surface area contributed by atoms with Gasteiger partial charge >= 0.3 is 0 Å². The maximum atomic E-state index is 9.65. The molecule has 3 heteroatoms. The van der Waals surface area contributed by atoms with Crippen molar-refractivity contribution >= 4 is 0 Å². The number of hydrazine groups is 1. The van der Waals surface area contributed by atoms with Crippen molar-refractivity contribution in [3.05, 3.63) is 29.3 Å². The molecule has 0 radical (unpaired) electrons.